The van der Waals surface area contributed by atoms with Crippen molar-refractivity contribution in [2.75, 3.05) is 0 Å². The molecular formula is H6N2O3P+. The molecule has 0 spiro atoms. The molecule has 5 nitrogen and oxygen atoms in total. The summed E-state index contributed by atoms with van der Waals surface area (Å²) in [7, 11) is -3.87. The summed E-state index contributed by atoms with van der Waals surface area (Å²) < 4.78 is 0. The third-order valence-corrected chi connectivity index (χ3v) is 0.520. The lowest BCUT2D eigenvalue weighted by Crippen LogP contribution is -2.21. The molecule has 0 aliphatic carbocycles. The summed E-state index contributed by atoms with van der Waals surface area (Å²) in [4.78, 5) is 23.4. The Labute approximate surface area is 35.0 Å². The first kappa shape index (κ1) is 6.23. The van der Waals surface area contributed by atoms with E-state index in [1.807, 2.05) is 0 Å². The molecule has 0 aromatic carbocycles. The van der Waals surface area contributed by atoms with Gasteiger partial charge in [-0.25, -0.2) is 5.84 Å². The van der Waals surface area contributed by atoms with E-state index in [4.69, 9.17) is 14.7 Å². The average Bonchev–Trinajstić information content (AvgIpc) is 1.35. The Kier molecular flexibility index (Phi) is 1.86. The summed E-state index contributed by atoms with van der Waals surface area (Å²) in [6, 6.07) is 0. The lowest BCUT2D eigenvalue weighted by molar-refractivity contribution is 0.314. The van der Waals surface area contributed by atoms with Gasteiger partial charge in [0, 0.05) is 0 Å². The van der Waals surface area contributed by atoms with Gasteiger partial charge in [-0.3, -0.25) is 0 Å². The molecule has 0 saturated carbocycles. The zero-order chi connectivity index (χ0) is 5.21. The molecule has 0 fully saturated rings. The lowest BCUT2D eigenvalue weighted by Gasteiger charge is -1.95. The standard InChI is InChI=1S/H6N2O3P/c1-2-6(3,4)5/h2-5H,1H2/q+1. The van der Waals surface area contributed by atoms with Gasteiger partial charge in [0.25, 0.3) is 0 Å². The molecule has 0 aromatic rings. The molecule has 38 valence electrons. The predicted molar refractivity (Wildman–Crippen MR) is 20.9 cm³/mol. The van der Waals surface area contributed by atoms with Crippen LogP contribution in [-0.2, 0) is 0 Å². The highest BCUT2D eigenvalue weighted by Crippen LogP contribution is 2.36. The average molecular weight is 113 g/mol. The maximum absolute atomic E-state index is 7.81. The zero-order valence-corrected chi connectivity index (χ0v) is 3.76. The number of nitrogens with one attached hydrogen (secondary N) is 1. The van der Waals surface area contributed by atoms with Crippen molar-refractivity contribution in [1.29, 1.82) is 0 Å². The van der Waals surface area contributed by atoms with Gasteiger partial charge in [0.15, 0.2) is 0 Å². The van der Waals surface area contributed by atoms with E-state index >= 15 is 0 Å². The monoisotopic (exact) mass is 113 g/mol. The molecule has 0 unspecified atom stereocenters. The van der Waals surface area contributed by atoms with Crippen LogP contribution in [0.4, 0.5) is 0 Å². The van der Waals surface area contributed by atoms with Crippen LogP contribution < -0.4 is 11.0 Å². The minimum atomic E-state index is -3.87. The number of rotatable bonds is 1. The van der Waals surface area contributed by atoms with Gasteiger partial charge in [0.05, 0.1) is 0 Å². The number of nitrogens with two attached hydrogens (primary N) is 1. The molecule has 6 heteroatoms. The first-order valence-electron chi connectivity index (χ1n) is 1.11. The lowest BCUT2D eigenvalue weighted by atomic mass is 13.0. The first-order valence-corrected chi connectivity index (χ1v) is 2.76. The third-order valence-electron chi connectivity index (χ3n) is 0.173. The first-order chi connectivity index (χ1) is 2.56. The fourth-order valence-corrected chi connectivity index (χ4v) is 0. The second kappa shape index (κ2) is 1.79. The summed E-state index contributed by atoms with van der Waals surface area (Å²) >= 11 is 0. The molecule has 0 atom stereocenters. The Balaban J connectivity index is 3.17. The number of hydrogen-bond donors (Lipinski definition) is 5. The fraction of sp³-hybridized carbons (Fsp3) is 0. The van der Waals surface area contributed by atoms with Crippen molar-refractivity contribution in [3.05, 3.63) is 0 Å². The van der Waals surface area contributed by atoms with Gasteiger partial charge >= 0.3 is 8.09 Å². The molecule has 0 aromatic heterocycles. The Bertz CT molecular complexity index is 38.5. The quantitative estimate of drug-likeness (QED) is 0.155. The van der Waals surface area contributed by atoms with Gasteiger partial charge in [-0.15, -0.1) is 0 Å². The van der Waals surface area contributed by atoms with E-state index in [-0.39, 0.29) is 0 Å². The highest BCUT2D eigenvalue weighted by Gasteiger charge is 2.26. The summed E-state index contributed by atoms with van der Waals surface area (Å²) in [5, 5.41) is 1.38. The van der Waals surface area contributed by atoms with E-state index in [0.29, 0.717) is 0 Å². The van der Waals surface area contributed by atoms with Gasteiger partial charge in [0.1, 0.15) is 0 Å². The van der Waals surface area contributed by atoms with E-state index in [0.717, 1.165) is 0 Å². The summed E-state index contributed by atoms with van der Waals surface area (Å²) in [5.41, 5.74) is 0. The Morgan fingerprint density at radius 1 is 1.33 bits per heavy atom. The van der Waals surface area contributed by atoms with Crippen LogP contribution in [0.5, 0.6) is 0 Å². The summed E-state index contributed by atoms with van der Waals surface area (Å²) in [5.74, 6) is 4.35. The van der Waals surface area contributed by atoms with Gasteiger partial charge in [-0.1, -0.05) is 5.20 Å². The molecule has 0 aliphatic rings. The largest absolute Gasteiger partial charge is 0.508 e. The van der Waals surface area contributed by atoms with Crippen molar-refractivity contribution in [3.8, 4) is 0 Å². The van der Waals surface area contributed by atoms with Crippen LogP contribution in [0.2, 0.25) is 0 Å². The van der Waals surface area contributed by atoms with Gasteiger partial charge < -0.3 is 0 Å². The molecule has 6 heavy (non-hydrogen) atoms. The van der Waals surface area contributed by atoms with E-state index in [1.165, 1.54) is 5.20 Å². The van der Waals surface area contributed by atoms with Crippen molar-refractivity contribution >= 4 is 8.09 Å². The minimum Gasteiger partial charge on any atom is -0.233 e. The Hall–Kier alpha value is 0.230. The number of hydrazine groups is 1. The molecule has 0 bridgehead atoms. The van der Waals surface area contributed by atoms with E-state index < -0.39 is 8.09 Å². The van der Waals surface area contributed by atoms with Crippen LogP contribution in [0.3, 0.4) is 0 Å². The van der Waals surface area contributed by atoms with Crippen molar-refractivity contribution in [2.24, 2.45) is 5.84 Å². The van der Waals surface area contributed by atoms with E-state index in [9.17, 15) is 0 Å². The zero-order valence-electron chi connectivity index (χ0n) is 2.87. The smallest absolute Gasteiger partial charge is 0.233 e. The van der Waals surface area contributed by atoms with Crippen LogP contribution in [0.15, 0.2) is 0 Å². The molecule has 0 saturated heterocycles. The highest BCUT2D eigenvalue weighted by atomic mass is 31.2. The van der Waals surface area contributed by atoms with Crippen molar-refractivity contribution in [2.45, 2.75) is 0 Å². The van der Waals surface area contributed by atoms with Crippen LogP contribution >= 0.6 is 8.09 Å². The summed E-state index contributed by atoms with van der Waals surface area (Å²) in [6.07, 6.45) is 0. The molecular weight excluding hydrogens is 107 g/mol. The highest BCUT2D eigenvalue weighted by molar-refractivity contribution is 7.56. The Morgan fingerprint density at radius 2 is 1.50 bits per heavy atom. The number of hydrogen-bond acceptors (Lipinski definition) is 5. The van der Waals surface area contributed by atoms with Crippen LogP contribution in [0.1, 0.15) is 0 Å². The molecule has 0 amide bonds. The van der Waals surface area contributed by atoms with Crippen molar-refractivity contribution in [3.63, 3.8) is 0 Å². The van der Waals surface area contributed by atoms with Crippen LogP contribution in [0, 0.1) is 0 Å². The molecule has 0 radical (unpaired) electrons. The van der Waals surface area contributed by atoms with E-state index in [1.54, 1.807) is 0 Å². The van der Waals surface area contributed by atoms with Crippen LogP contribution in [-0.4, -0.2) is 14.7 Å². The fourth-order valence-electron chi connectivity index (χ4n) is 0. The van der Waals surface area contributed by atoms with Gasteiger partial charge in [0.2, 0.25) is 0 Å². The minimum absolute atomic E-state index is 1.38. The predicted octanol–water partition coefficient (Wildman–Crippen LogP) is -1.90. The second-order valence-corrected chi connectivity index (χ2v) is 2.09. The van der Waals surface area contributed by atoms with Crippen LogP contribution in [0.25, 0.3) is 0 Å². The molecule has 0 aliphatic heterocycles. The molecule has 0 rings (SSSR count). The summed E-state index contributed by atoms with van der Waals surface area (Å²) in [6.45, 7) is 0. The van der Waals surface area contributed by atoms with Gasteiger partial charge in [-0.2, -0.15) is 14.7 Å². The maximum Gasteiger partial charge on any atom is 0.508 e. The molecule has 6 N–H and O–H groups in total. The topological polar surface area (TPSA) is 98.7 Å². The maximum atomic E-state index is 7.81. The van der Waals surface area contributed by atoms with Crippen molar-refractivity contribution < 1.29 is 14.7 Å². The molecule has 0 heterocycles. The SMILES string of the molecule is NN[P+](O)(O)O. The van der Waals surface area contributed by atoms with E-state index in [2.05, 4.69) is 5.84 Å². The normalized spacial score (nSPS) is 12.0. The Morgan fingerprint density at radius 3 is 1.50 bits per heavy atom. The third kappa shape index (κ3) is 4.23. The van der Waals surface area contributed by atoms with Crippen molar-refractivity contribution in [1.82, 2.24) is 5.20 Å². The second-order valence-electron chi connectivity index (χ2n) is 0.697. The van der Waals surface area contributed by atoms with Gasteiger partial charge in [-0.05, 0) is 0 Å².